The number of halogens is 1. The minimum atomic E-state index is -0.549. The van der Waals surface area contributed by atoms with Gasteiger partial charge in [0.1, 0.15) is 11.6 Å². The number of methoxy groups -OCH3 is 1. The Labute approximate surface area is 156 Å². The number of ether oxygens (including phenoxy) is 2. The summed E-state index contributed by atoms with van der Waals surface area (Å²) in [4.78, 5) is 16.6. The molecule has 1 aliphatic rings. The van der Waals surface area contributed by atoms with Crippen LogP contribution in [0.1, 0.15) is 23.9 Å². The molecule has 7 heteroatoms. The van der Waals surface area contributed by atoms with Crippen LogP contribution in [0.3, 0.4) is 0 Å². The molecule has 0 radical (unpaired) electrons. The van der Waals surface area contributed by atoms with Crippen LogP contribution < -0.4 is 9.47 Å². The molecule has 4 rings (SSSR count). The third kappa shape index (κ3) is 3.86. The fourth-order valence-electron chi connectivity index (χ4n) is 3.04. The largest absolute Gasteiger partial charge is 0.495 e. The molecule has 3 aromatic rings. The van der Waals surface area contributed by atoms with Crippen LogP contribution in [-0.2, 0) is 0 Å². The SMILES string of the molecule is COc1ccc([C@H]2C[C@@H]2COc2nc(C)ncc2-c2ccnc(F)c2)nc1. The van der Waals surface area contributed by atoms with Gasteiger partial charge in [-0.15, -0.1) is 0 Å². The van der Waals surface area contributed by atoms with Gasteiger partial charge in [0.15, 0.2) is 0 Å². The molecular weight excluding hydrogens is 347 g/mol. The van der Waals surface area contributed by atoms with E-state index in [0.717, 1.165) is 17.9 Å². The van der Waals surface area contributed by atoms with Gasteiger partial charge in [0.25, 0.3) is 0 Å². The Morgan fingerprint density at radius 1 is 1.15 bits per heavy atom. The standard InChI is InChI=1S/C20H19FN4O2/c1-12-23-10-17(13-5-6-22-19(21)8-13)20(25-12)27-11-14-7-16(14)18-4-3-15(26-2)9-24-18/h3-6,8-10,14,16H,7,11H2,1-2H3/t14-,16+/m1/s1. The molecule has 138 valence electrons. The first kappa shape index (κ1) is 17.3. The Hall–Kier alpha value is -3.09. The lowest BCUT2D eigenvalue weighted by Crippen LogP contribution is -2.05. The first-order valence-electron chi connectivity index (χ1n) is 8.72. The number of aromatic nitrogens is 4. The second-order valence-corrected chi connectivity index (χ2v) is 6.54. The van der Waals surface area contributed by atoms with Crippen molar-refractivity contribution in [3.05, 3.63) is 60.3 Å². The van der Waals surface area contributed by atoms with Crippen molar-refractivity contribution in [2.75, 3.05) is 13.7 Å². The maximum atomic E-state index is 13.5. The zero-order valence-corrected chi connectivity index (χ0v) is 15.1. The van der Waals surface area contributed by atoms with Crippen LogP contribution in [0.5, 0.6) is 11.6 Å². The Morgan fingerprint density at radius 3 is 2.78 bits per heavy atom. The molecule has 0 saturated heterocycles. The summed E-state index contributed by atoms with van der Waals surface area (Å²) in [6.45, 7) is 2.32. The molecule has 0 N–H and O–H groups in total. The van der Waals surface area contributed by atoms with Crippen molar-refractivity contribution in [2.24, 2.45) is 5.92 Å². The topological polar surface area (TPSA) is 70.0 Å². The van der Waals surface area contributed by atoms with Gasteiger partial charge in [-0.3, -0.25) is 4.98 Å². The van der Waals surface area contributed by atoms with Crippen molar-refractivity contribution >= 4 is 0 Å². The van der Waals surface area contributed by atoms with Crippen LogP contribution in [0.25, 0.3) is 11.1 Å². The van der Waals surface area contributed by atoms with Gasteiger partial charge in [0.2, 0.25) is 11.8 Å². The molecule has 1 aliphatic carbocycles. The molecule has 27 heavy (non-hydrogen) atoms. The number of hydrogen-bond acceptors (Lipinski definition) is 6. The van der Waals surface area contributed by atoms with Gasteiger partial charge in [-0.1, -0.05) is 0 Å². The molecule has 3 aromatic heterocycles. The molecule has 0 aliphatic heterocycles. The van der Waals surface area contributed by atoms with E-state index < -0.39 is 5.95 Å². The number of hydrogen-bond donors (Lipinski definition) is 0. The molecule has 2 atom stereocenters. The molecule has 0 bridgehead atoms. The molecule has 6 nitrogen and oxygen atoms in total. The van der Waals surface area contributed by atoms with E-state index in [1.54, 1.807) is 32.5 Å². The third-order valence-electron chi connectivity index (χ3n) is 4.64. The van der Waals surface area contributed by atoms with E-state index in [9.17, 15) is 4.39 Å². The predicted molar refractivity (Wildman–Crippen MR) is 97.1 cm³/mol. The van der Waals surface area contributed by atoms with Crippen LogP contribution >= 0.6 is 0 Å². The van der Waals surface area contributed by atoms with Gasteiger partial charge >= 0.3 is 0 Å². The Balaban J connectivity index is 1.46. The van der Waals surface area contributed by atoms with Crippen molar-refractivity contribution < 1.29 is 13.9 Å². The lowest BCUT2D eigenvalue weighted by atomic mass is 10.1. The van der Waals surface area contributed by atoms with Crippen molar-refractivity contribution in [2.45, 2.75) is 19.3 Å². The highest BCUT2D eigenvalue weighted by atomic mass is 19.1. The van der Waals surface area contributed by atoms with Crippen LogP contribution in [0, 0.1) is 18.8 Å². The van der Waals surface area contributed by atoms with Gasteiger partial charge < -0.3 is 9.47 Å². The molecular formula is C20H19FN4O2. The Bertz CT molecular complexity index is 949. The van der Waals surface area contributed by atoms with E-state index >= 15 is 0 Å². The van der Waals surface area contributed by atoms with Crippen molar-refractivity contribution in [1.29, 1.82) is 0 Å². The first-order valence-corrected chi connectivity index (χ1v) is 8.72. The summed E-state index contributed by atoms with van der Waals surface area (Å²) in [5.41, 5.74) is 2.34. The zero-order valence-electron chi connectivity index (χ0n) is 15.1. The highest BCUT2D eigenvalue weighted by molar-refractivity contribution is 5.67. The molecule has 1 saturated carbocycles. The lowest BCUT2D eigenvalue weighted by molar-refractivity contribution is 0.285. The van der Waals surface area contributed by atoms with E-state index in [0.29, 0.717) is 41.3 Å². The van der Waals surface area contributed by atoms with Crippen LogP contribution in [0.2, 0.25) is 0 Å². The third-order valence-corrected chi connectivity index (χ3v) is 4.64. The second-order valence-electron chi connectivity index (χ2n) is 6.54. The van der Waals surface area contributed by atoms with Gasteiger partial charge in [-0.25, -0.2) is 9.97 Å². The molecule has 0 spiro atoms. The highest BCUT2D eigenvalue weighted by Gasteiger charge is 2.40. The fourth-order valence-corrected chi connectivity index (χ4v) is 3.04. The molecule has 3 heterocycles. The van der Waals surface area contributed by atoms with Gasteiger partial charge in [0.05, 0.1) is 25.5 Å². The lowest BCUT2D eigenvalue weighted by Gasteiger charge is -2.11. The summed E-state index contributed by atoms with van der Waals surface area (Å²) in [7, 11) is 1.63. The maximum absolute atomic E-state index is 13.5. The van der Waals surface area contributed by atoms with Crippen LogP contribution in [0.15, 0.2) is 42.9 Å². The normalized spacial score (nSPS) is 18.2. The van der Waals surface area contributed by atoms with Crippen LogP contribution in [0.4, 0.5) is 4.39 Å². The van der Waals surface area contributed by atoms with Gasteiger partial charge in [-0.05, 0) is 37.1 Å². The van der Waals surface area contributed by atoms with E-state index in [1.165, 1.54) is 12.3 Å². The van der Waals surface area contributed by atoms with Crippen molar-refractivity contribution in [3.8, 4) is 22.8 Å². The maximum Gasteiger partial charge on any atom is 0.224 e. The summed E-state index contributed by atoms with van der Waals surface area (Å²) in [6, 6.07) is 6.97. The average Bonchev–Trinajstić information content (AvgIpc) is 3.46. The summed E-state index contributed by atoms with van der Waals surface area (Å²) >= 11 is 0. The Kier molecular flexibility index (Phi) is 4.66. The van der Waals surface area contributed by atoms with E-state index in [1.807, 2.05) is 12.1 Å². The first-order chi connectivity index (χ1) is 13.1. The second kappa shape index (κ2) is 7.26. The molecule has 0 unspecified atom stereocenters. The van der Waals surface area contributed by atoms with E-state index in [4.69, 9.17) is 9.47 Å². The quantitative estimate of drug-likeness (QED) is 0.621. The van der Waals surface area contributed by atoms with Crippen LogP contribution in [-0.4, -0.2) is 33.7 Å². The van der Waals surface area contributed by atoms with E-state index in [2.05, 4.69) is 19.9 Å². The number of rotatable bonds is 6. The van der Waals surface area contributed by atoms with E-state index in [-0.39, 0.29) is 0 Å². The smallest absolute Gasteiger partial charge is 0.224 e. The molecule has 0 aromatic carbocycles. The van der Waals surface area contributed by atoms with Gasteiger partial charge in [-0.2, -0.15) is 9.37 Å². The number of pyridine rings is 2. The molecule has 0 amide bonds. The molecule has 1 fully saturated rings. The minimum Gasteiger partial charge on any atom is -0.495 e. The number of aryl methyl sites for hydroxylation is 1. The average molecular weight is 366 g/mol. The summed E-state index contributed by atoms with van der Waals surface area (Å²) in [6.07, 6.45) is 5.82. The highest BCUT2D eigenvalue weighted by Crippen LogP contribution is 2.47. The zero-order chi connectivity index (χ0) is 18.8. The van der Waals surface area contributed by atoms with Gasteiger partial charge in [0, 0.05) is 36.0 Å². The van der Waals surface area contributed by atoms with Crippen molar-refractivity contribution in [1.82, 2.24) is 19.9 Å². The fraction of sp³-hybridized carbons (Fsp3) is 0.300. The Morgan fingerprint density at radius 2 is 2.04 bits per heavy atom. The number of nitrogens with zero attached hydrogens (tertiary/aromatic N) is 4. The summed E-state index contributed by atoms with van der Waals surface area (Å²) in [5, 5.41) is 0. The monoisotopic (exact) mass is 366 g/mol. The van der Waals surface area contributed by atoms with Crippen molar-refractivity contribution in [3.63, 3.8) is 0 Å². The predicted octanol–water partition coefficient (Wildman–Crippen LogP) is 3.57. The minimum absolute atomic E-state index is 0.376. The summed E-state index contributed by atoms with van der Waals surface area (Å²) < 4.78 is 24.6. The summed E-state index contributed by atoms with van der Waals surface area (Å²) in [5.74, 6) is 2.02.